The summed E-state index contributed by atoms with van der Waals surface area (Å²) in [6, 6.07) is 8.58. The summed E-state index contributed by atoms with van der Waals surface area (Å²) in [6.45, 7) is 3.80. The van der Waals surface area contributed by atoms with E-state index < -0.39 is 0 Å². The van der Waals surface area contributed by atoms with Crippen molar-refractivity contribution in [2.75, 3.05) is 33.3 Å². The number of methoxy groups -OCH3 is 1. The normalized spacial score (nSPS) is 14.0. The lowest BCUT2D eigenvalue weighted by atomic mass is 9.95. The van der Waals surface area contributed by atoms with Crippen molar-refractivity contribution < 1.29 is 9.53 Å². The molecule has 0 saturated heterocycles. The number of nitrogens with one attached hydrogen (secondary N) is 3. The summed E-state index contributed by atoms with van der Waals surface area (Å²) in [5.74, 6) is 0.837. The van der Waals surface area contributed by atoms with Gasteiger partial charge in [-0.15, -0.1) is 36.2 Å². The topological polar surface area (TPSA) is 62.4 Å². The molecule has 5 nitrogen and oxygen atoms in total. The lowest BCUT2D eigenvalue weighted by molar-refractivity contribution is 0.0957. The largest absolute Gasteiger partial charge is 0.497 e. The number of fused-ring (bicyclic) bond motifs is 1. The monoisotopic (exact) mass is 475 g/mol. The maximum atomic E-state index is 12.3. The fourth-order valence-corrected chi connectivity index (χ4v) is 4.68. The maximum Gasteiger partial charge on any atom is 0.261 e. The van der Waals surface area contributed by atoms with E-state index in [0.29, 0.717) is 0 Å². The van der Waals surface area contributed by atoms with Crippen LogP contribution >= 0.6 is 36.2 Å². The Morgan fingerprint density at radius 3 is 2.57 bits per heavy atom. The van der Waals surface area contributed by atoms with Crippen molar-refractivity contribution in [3.05, 3.63) is 29.1 Å². The molecule has 0 bridgehead atoms. The fourth-order valence-electron chi connectivity index (χ4n) is 3.72. The Morgan fingerprint density at radius 2 is 1.80 bits per heavy atom. The van der Waals surface area contributed by atoms with Crippen molar-refractivity contribution >= 4 is 52.1 Å². The minimum atomic E-state index is 0. The zero-order valence-electron chi connectivity index (χ0n) is 17.7. The highest BCUT2D eigenvalue weighted by molar-refractivity contribution is 7.20. The van der Waals surface area contributed by atoms with Gasteiger partial charge in [-0.1, -0.05) is 19.3 Å². The number of rotatable bonds is 11. The molecule has 0 unspecified atom stereocenters. The molecule has 1 fully saturated rings. The first-order valence-electron chi connectivity index (χ1n) is 10.6. The highest BCUT2D eigenvalue weighted by Gasteiger charge is 2.12. The van der Waals surface area contributed by atoms with Gasteiger partial charge in [-0.25, -0.2) is 0 Å². The first-order valence-corrected chi connectivity index (χ1v) is 11.4. The average molecular weight is 477 g/mol. The van der Waals surface area contributed by atoms with Crippen LogP contribution in [0.5, 0.6) is 5.75 Å². The van der Waals surface area contributed by atoms with Crippen molar-refractivity contribution in [2.24, 2.45) is 0 Å². The molecule has 1 amide bonds. The van der Waals surface area contributed by atoms with Gasteiger partial charge in [-0.2, -0.15) is 0 Å². The molecule has 0 radical (unpaired) electrons. The number of hydrogen-bond donors (Lipinski definition) is 3. The minimum Gasteiger partial charge on any atom is -0.497 e. The molecule has 1 aromatic heterocycles. The predicted octanol–water partition coefficient (Wildman–Crippen LogP) is 4.78. The van der Waals surface area contributed by atoms with E-state index in [1.165, 1.54) is 43.4 Å². The second-order valence-electron chi connectivity index (χ2n) is 7.52. The second-order valence-corrected chi connectivity index (χ2v) is 8.60. The molecule has 0 atom stereocenters. The molecule has 170 valence electrons. The van der Waals surface area contributed by atoms with Crippen LogP contribution in [0.3, 0.4) is 0 Å². The van der Waals surface area contributed by atoms with Gasteiger partial charge in [0, 0.05) is 30.4 Å². The van der Waals surface area contributed by atoms with E-state index in [-0.39, 0.29) is 30.7 Å². The van der Waals surface area contributed by atoms with Gasteiger partial charge >= 0.3 is 0 Å². The molecule has 2 aromatic rings. The first kappa shape index (κ1) is 27.0. The molecule has 3 N–H and O–H groups in total. The zero-order valence-corrected chi connectivity index (χ0v) is 20.2. The Kier molecular flexibility index (Phi) is 13.4. The highest BCUT2D eigenvalue weighted by atomic mass is 35.5. The smallest absolute Gasteiger partial charge is 0.261 e. The molecule has 1 aliphatic carbocycles. The molecule has 0 aliphatic heterocycles. The van der Waals surface area contributed by atoms with Crippen LogP contribution in [0.1, 0.15) is 54.6 Å². The molecular formula is C22H35Cl2N3O2S. The van der Waals surface area contributed by atoms with Crippen molar-refractivity contribution in [3.8, 4) is 5.75 Å². The molecular weight excluding hydrogens is 441 g/mol. The predicted molar refractivity (Wildman–Crippen MR) is 132 cm³/mol. The van der Waals surface area contributed by atoms with Crippen molar-refractivity contribution in [1.82, 2.24) is 16.0 Å². The Morgan fingerprint density at radius 1 is 1.03 bits per heavy atom. The van der Waals surface area contributed by atoms with Gasteiger partial charge < -0.3 is 20.7 Å². The second kappa shape index (κ2) is 14.9. The van der Waals surface area contributed by atoms with E-state index >= 15 is 0 Å². The van der Waals surface area contributed by atoms with Crippen molar-refractivity contribution in [3.63, 3.8) is 0 Å². The molecule has 0 spiro atoms. The number of benzene rings is 1. The maximum absolute atomic E-state index is 12.3. The highest BCUT2D eigenvalue weighted by Crippen LogP contribution is 2.28. The molecule has 1 heterocycles. The summed E-state index contributed by atoms with van der Waals surface area (Å²) in [5.41, 5.74) is 0. The van der Waals surface area contributed by atoms with Gasteiger partial charge in [-0.3, -0.25) is 4.79 Å². The molecule has 30 heavy (non-hydrogen) atoms. The lowest BCUT2D eigenvalue weighted by Gasteiger charge is -2.22. The number of ether oxygens (including phenoxy) is 1. The molecule has 3 rings (SSSR count). The number of thiophene rings is 1. The number of unbranched alkanes of at least 4 members (excludes halogenated alkanes) is 1. The quantitative estimate of drug-likeness (QED) is 0.409. The molecule has 8 heteroatoms. The summed E-state index contributed by atoms with van der Waals surface area (Å²) in [4.78, 5) is 13.1. The summed E-state index contributed by atoms with van der Waals surface area (Å²) >= 11 is 1.53. The number of halogens is 2. The third-order valence-electron chi connectivity index (χ3n) is 5.35. The van der Waals surface area contributed by atoms with Gasteiger partial charge in [-0.05, 0) is 61.9 Å². The Hall–Kier alpha value is -1.05. The van der Waals surface area contributed by atoms with Crippen molar-refractivity contribution in [1.29, 1.82) is 0 Å². The third kappa shape index (κ3) is 8.60. The van der Waals surface area contributed by atoms with E-state index in [1.807, 2.05) is 24.3 Å². The number of amides is 1. The minimum absolute atomic E-state index is 0. The van der Waals surface area contributed by atoms with E-state index in [0.717, 1.165) is 65.8 Å². The summed E-state index contributed by atoms with van der Waals surface area (Å²) in [7, 11) is 1.66. The van der Waals surface area contributed by atoms with Gasteiger partial charge in [0.1, 0.15) is 5.75 Å². The standard InChI is InChI=1S/C22H33N3O2S.2ClH/c1-27-19-9-10-20-17(15-19)16-21(28-20)22(26)25-12-6-5-11-23-13-14-24-18-7-3-2-4-8-18;;/h9-10,15-16,18,23-24H,2-8,11-14H2,1H3,(H,25,26);2*1H. The van der Waals surface area contributed by atoms with E-state index in [2.05, 4.69) is 16.0 Å². The van der Waals surface area contributed by atoms with E-state index in [1.54, 1.807) is 7.11 Å². The van der Waals surface area contributed by atoms with Crippen LogP contribution in [0.25, 0.3) is 10.1 Å². The Balaban J connectivity index is 0.00000225. The van der Waals surface area contributed by atoms with Gasteiger partial charge in [0.2, 0.25) is 0 Å². The van der Waals surface area contributed by atoms with Crippen LogP contribution in [0.2, 0.25) is 0 Å². The van der Waals surface area contributed by atoms with Crippen molar-refractivity contribution in [2.45, 2.75) is 51.0 Å². The van der Waals surface area contributed by atoms with Gasteiger partial charge in [0.25, 0.3) is 5.91 Å². The Labute approximate surface area is 196 Å². The summed E-state index contributed by atoms with van der Waals surface area (Å²) in [5, 5.41) is 11.2. The van der Waals surface area contributed by atoms with Gasteiger partial charge in [0.05, 0.1) is 12.0 Å². The lowest BCUT2D eigenvalue weighted by Crippen LogP contribution is -2.36. The number of carbonyl (C=O) groups is 1. The Bertz CT molecular complexity index is 751. The first-order chi connectivity index (χ1) is 13.8. The number of hydrogen-bond acceptors (Lipinski definition) is 5. The van der Waals surface area contributed by atoms with Crippen LogP contribution in [0, 0.1) is 0 Å². The third-order valence-corrected chi connectivity index (χ3v) is 6.47. The van der Waals surface area contributed by atoms with Crippen LogP contribution in [-0.4, -0.2) is 45.2 Å². The van der Waals surface area contributed by atoms with Gasteiger partial charge in [0.15, 0.2) is 0 Å². The zero-order chi connectivity index (χ0) is 19.6. The summed E-state index contributed by atoms with van der Waals surface area (Å²) in [6.07, 6.45) is 8.92. The molecule has 1 saturated carbocycles. The molecule has 1 aliphatic rings. The molecule has 1 aromatic carbocycles. The van der Waals surface area contributed by atoms with Crippen LogP contribution in [0.15, 0.2) is 24.3 Å². The van der Waals surface area contributed by atoms with Crippen LogP contribution < -0.4 is 20.7 Å². The number of carbonyl (C=O) groups excluding carboxylic acids is 1. The van der Waals surface area contributed by atoms with E-state index in [9.17, 15) is 4.79 Å². The van der Waals surface area contributed by atoms with Crippen LogP contribution in [-0.2, 0) is 0 Å². The van der Waals surface area contributed by atoms with E-state index in [4.69, 9.17) is 4.74 Å². The SMILES string of the molecule is COc1ccc2sc(C(=O)NCCCCNCCNC3CCCCC3)cc2c1.Cl.Cl. The van der Waals surface area contributed by atoms with Crippen LogP contribution in [0.4, 0.5) is 0 Å². The average Bonchev–Trinajstić information content (AvgIpc) is 3.16. The summed E-state index contributed by atoms with van der Waals surface area (Å²) < 4.78 is 6.35. The fraction of sp³-hybridized carbons (Fsp3) is 0.591.